The van der Waals surface area contributed by atoms with E-state index in [4.69, 9.17) is 10.9 Å². The molecule has 1 saturated carbocycles. The van der Waals surface area contributed by atoms with Crippen LogP contribution in [0.5, 0.6) is 0 Å². The number of rotatable bonds is 6. The Morgan fingerprint density at radius 3 is 2.57 bits per heavy atom. The Hall–Kier alpha value is -0.770. The topological polar surface area (TPSA) is 61.8 Å². The van der Waals surface area contributed by atoms with E-state index in [1.54, 1.807) is 0 Å². The van der Waals surface area contributed by atoms with Gasteiger partial charge in [0.2, 0.25) is 0 Å². The highest BCUT2D eigenvalue weighted by atomic mass is 16.4. The number of nitrogens with zero attached hydrogens (tertiary/aromatic N) is 2. The summed E-state index contributed by atoms with van der Waals surface area (Å²) in [6.45, 7) is 5.28. The number of hydrogen-bond acceptors (Lipinski definition) is 3. The van der Waals surface area contributed by atoms with Crippen LogP contribution in [0.25, 0.3) is 0 Å². The molecule has 1 aliphatic rings. The summed E-state index contributed by atoms with van der Waals surface area (Å²) in [7, 11) is 0. The Kier molecular flexibility index (Phi) is 4.20. The third kappa shape index (κ3) is 2.61. The van der Waals surface area contributed by atoms with E-state index >= 15 is 0 Å². The van der Waals surface area contributed by atoms with Gasteiger partial charge in [0, 0.05) is 6.04 Å². The van der Waals surface area contributed by atoms with Gasteiger partial charge in [-0.05, 0) is 32.2 Å². The van der Waals surface area contributed by atoms with Crippen LogP contribution in [0, 0.1) is 0 Å². The molecular weight excluding hydrogens is 178 g/mol. The van der Waals surface area contributed by atoms with Crippen molar-refractivity contribution in [2.24, 2.45) is 10.9 Å². The lowest BCUT2D eigenvalue weighted by Crippen LogP contribution is -2.46. The molecule has 0 saturated heterocycles. The molecule has 3 N–H and O–H groups in total. The Labute approximate surface area is 85.8 Å². The van der Waals surface area contributed by atoms with Crippen molar-refractivity contribution in [2.75, 3.05) is 6.54 Å². The van der Waals surface area contributed by atoms with Crippen molar-refractivity contribution in [2.45, 2.75) is 51.6 Å². The molecule has 0 aromatic rings. The monoisotopic (exact) mass is 199 g/mol. The van der Waals surface area contributed by atoms with Crippen molar-refractivity contribution in [1.82, 2.24) is 4.90 Å². The average molecular weight is 199 g/mol. The minimum atomic E-state index is 0.118. The summed E-state index contributed by atoms with van der Waals surface area (Å²) < 4.78 is 0. The smallest absolute Gasteiger partial charge is 0.156 e. The zero-order valence-electron chi connectivity index (χ0n) is 9.11. The Bertz CT molecular complexity index is 202. The van der Waals surface area contributed by atoms with E-state index in [1.807, 2.05) is 0 Å². The second-order valence-corrected chi connectivity index (χ2v) is 3.92. The van der Waals surface area contributed by atoms with Gasteiger partial charge < -0.3 is 10.9 Å². The highest BCUT2D eigenvalue weighted by molar-refractivity contribution is 5.85. The molecule has 0 bridgehead atoms. The molecule has 1 unspecified atom stereocenters. The zero-order valence-corrected chi connectivity index (χ0v) is 9.11. The minimum Gasteiger partial charge on any atom is -0.409 e. The first-order chi connectivity index (χ1) is 6.74. The van der Waals surface area contributed by atoms with Crippen LogP contribution in [-0.4, -0.2) is 34.6 Å². The van der Waals surface area contributed by atoms with Crippen molar-refractivity contribution < 1.29 is 5.21 Å². The third-order valence-corrected chi connectivity index (χ3v) is 2.74. The summed E-state index contributed by atoms with van der Waals surface area (Å²) >= 11 is 0. The summed E-state index contributed by atoms with van der Waals surface area (Å²) in [6, 6.07) is 0.785. The Balaban J connectivity index is 2.62. The molecule has 4 nitrogen and oxygen atoms in total. The summed E-state index contributed by atoms with van der Waals surface area (Å²) in [4.78, 5) is 2.37. The van der Waals surface area contributed by atoms with Gasteiger partial charge in [0.1, 0.15) is 0 Å². The molecule has 0 amide bonds. The van der Waals surface area contributed by atoms with E-state index < -0.39 is 0 Å². The number of hydrogen-bond donors (Lipinski definition) is 2. The van der Waals surface area contributed by atoms with Crippen LogP contribution in [0.4, 0.5) is 0 Å². The Morgan fingerprint density at radius 2 is 2.21 bits per heavy atom. The number of amidine groups is 1. The zero-order chi connectivity index (χ0) is 10.6. The second-order valence-electron chi connectivity index (χ2n) is 3.92. The molecule has 1 aliphatic carbocycles. The SMILES string of the molecule is CCCN(C1CC1)C(CC)C(N)=NO. The summed E-state index contributed by atoms with van der Waals surface area (Å²) in [5, 5.41) is 11.8. The van der Waals surface area contributed by atoms with E-state index in [-0.39, 0.29) is 6.04 Å². The second kappa shape index (κ2) is 5.20. The first kappa shape index (κ1) is 11.3. The molecule has 1 fully saturated rings. The van der Waals surface area contributed by atoms with Gasteiger partial charge in [0.15, 0.2) is 5.84 Å². The standard InChI is InChI=1S/C10H21N3O/c1-3-7-13(8-5-6-8)9(4-2)10(11)12-14/h8-9,14H,3-7H2,1-2H3,(H2,11,12). The van der Waals surface area contributed by atoms with E-state index in [2.05, 4.69) is 23.9 Å². The van der Waals surface area contributed by atoms with E-state index in [1.165, 1.54) is 12.8 Å². The van der Waals surface area contributed by atoms with Crippen LogP contribution < -0.4 is 5.73 Å². The van der Waals surface area contributed by atoms with Gasteiger partial charge in [-0.1, -0.05) is 19.0 Å². The molecule has 82 valence electrons. The molecule has 1 atom stereocenters. The molecule has 0 radical (unpaired) electrons. The fourth-order valence-corrected chi connectivity index (χ4v) is 1.94. The van der Waals surface area contributed by atoms with Crippen molar-refractivity contribution in [3.8, 4) is 0 Å². The highest BCUT2D eigenvalue weighted by Crippen LogP contribution is 2.29. The molecule has 0 aromatic heterocycles. The van der Waals surface area contributed by atoms with Gasteiger partial charge in [-0.2, -0.15) is 0 Å². The quantitative estimate of drug-likeness (QED) is 0.294. The number of oxime groups is 1. The van der Waals surface area contributed by atoms with Crippen LogP contribution in [0.3, 0.4) is 0 Å². The first-order valence-corrected chi connectivity index (χ1v) is 5.47. The molecule has 0 heterocycles. The molecular formula is C10H21N3O. The lowest BCUT2D eigenvalue weighted by Gasteiger charge is -2.29. The van der Waals surface area contributed by atoms with Crippen LogP contribution >= 0.6 is 0 Å². The van der Waals surface area contributed by atoms with E-state index in [0.717, 1.165) is 19.4 Å². The minimum absolute atomic E-state index is 0.118. The van der Waals surface area contributed by atoms with Crippen molar-refractivity contribution >= 4 is 5.84 Å². The highest BCUT2D eigenvalue weighted by Gasteiger charge is 2.34. The van der Waals surface area contributed by atoms with Gasteiger partial charge >= 0.3 is 0 Å². The van der Waals surface area contributed by atoms with Gasteiger partial charge in [0.05, 0.1) is 6.04 Å². The Morgan fingerprint density at radius 1 is 1.57 bits per heavy atom. The fraction of sp³-hybridized carbons (Fsp3) is 0.900. The van der Waals surface area contributed by atoms with E-state index in [9.17, 15) is 0 Å². The molecule has 4 heteroatoms. The van der Waals surface area contributed by atoms with Crippen LogP contribution in [0.1, 0.15) is 39.5 Å². The molecule has 0 aliphatic heterocycles. The van der Waals surface area contributed by atoms with Crippen LogP contribution in [0.15, 0.2) is 5.16 Å². The summed E-state index contributed by atoms with van der Waals surface area (Å²) in [6.07, 6.45) is 4.54. The van der Waals surface area contributed by atoms with Gasteiger partial charge in [-0.25, -0.2) is 0 Å². The lowest BCUT2D eigenvalue weighted by molar-refractivity contribution is 0.218. The van der Waals surface area contributed by atoms with Crippen molar-refractivity contribution in [3.05, 3.63) is 0 Å². The maximum absolute atomic E-state index is 8.69. The third-order valence-electron chi connectivity index (χ3n) is 2.74. The maximum atomic E-state index is 8.69. The maximum Gasteiger partial charge on any atom is 0.156 e. The lowest BCUT2D eigenvalue weighted by atomic mass is 10.1. The molecule has 0 spiro atoms. The van der Waals surface area contributed by atoms with E-state index in [0.29, 0.717) is 11.9 Å². The normalized spacial score (nSPS) is 20.1. The molecule has 0 aromatic carbocycles. The van der Waals surface area contributed by atoms with Gasteiger partial charge in [0.25, 0.3) is 0 Å². The first-order valence-electron chi connectivity index (χ1n) is 5.47. The largest absolute Gasteiger partial charge is 0.409 e. The summed E-state index contributed by atoms with van der Waals surface area (Å²) in [5.74, 6) is 0.354. The fourth-order valence-electron chi connectivity index (χ4n) is 1.94. The van der Waals surface area contributed by atoms with Crippen molar-refractivity contribution in [1.29, 1.82) is 0 Å². The predicted octanol–water partition coefficient (Wildman–Crippen LogP) is 1.39. The molecule has 14 heavy (non-hydrogen) atoms. The predicted molar refractivity (Wildman–Crippen MR) is 57.5 cm³/mol. The average Bonchev–Trinajstić information content (AvgIpc) is 3.00. The number of nitrogens with two attached hydrogens (primary N) is 1. The molecule has 1 rings (SSSR count). The van der Waals surface area contributed by atoms with Gasteiger partial charge in [-0.15, -0.1) is 0 Å². The van der Waals surface area contributed by atoms with Crippen LogP contribution in [-0.2, 0) is 0 Å². The van der Waals surface area contributed by atoms with Crippen molar-refractivity contribution in [3.63, 3.8) is 0 Å². The van der Waals surface area contributed by atoms with Gasteiger partial charge in [-0.3, -0.25) is 4.90 Å². The van der Waals surface area contributed by atoms with Crippen LogP contribution in [0.2, 0.25) is 0 Å². The summed E-state index contributed by atoms with van der Waals surface area (Å²) in [5.41, 5.74) is 5.68.